The number of hydrogen-bond donors (Lipinski definition) is 0. The van der Waals surface area contributed by atoms with Crippen molar-refractivity contribution in [3.05, 3.63) is 34.6 Å². The van der Waals surface area contributed by atoms with Crippen molar-refractivity contribution in [3.63, 3.8) is 0 Å². The van der Waals surface area contributed by atoms with Crippen molar-refractivity contribution in [1.82, 2.24) is 0 Å². The molecule has 0 spiro atoms. The first-order valence-corrected chi connectivity index (χ1v) is 4.44. The minimum Gasteiger partial charge on any atom is -0.465 e. The predicted octanol–water partition coefficient (Wildman–Crippen LogP) is 2.05. The van der Waals surface area contributed by atoms with E-state index >= 15 is 0 Å². The zero-order chi connectivity index (χ0) is 11.4. The normalized spacial score (nSPS) is 9.47. The second kappa shape index (κ2) is 4.56. The lowest BCUT2D eigenvalue weighted by Crippen LogP contribution is -2.06. The first-order chi connectivity index (χ1) is 7.13. The molecule has 78 valence electrons. The van der Waals surface area contributed by atoms with Crippen LogP contribution in [0.25, 0.3) is 0 Å². The van der Waals surface area contributed by atoms with Crippen LogP contribution in [-0.2, 0) is 11.2 Å². The lowest BCUT2D eigenvalue weighted by atomic mass is 10.0. The first-order valence-electron chi connectivity index (χ1n) is 4.44. The Balaban J connectivity index is 3.33. The van der Waals surface area contributed by atoms with Gasteiger partial charge in [0.1, 0.15) is 5.82 Å². The summed E-state index contributed by atoms with van der Waals surface area (Å²) in [6.07, 6.45) is 0.543. The number of nitrogens with zero attached hydrogens (tertiary/aromatic N) is 1. The molecule has 0 aliphatic carbocycles. The molecule has 3 nitrogen and oxygen atoms in total. The number of rotatable bonds is 2. The maximum atomic E-state index is 13.4. The average molecular weight is 207 g/mol. The summed E-state index contributed by atoms with van der Waals surface area (Å²) in [7, 11) is 1.17. The van der Waals surface area contributed by atoms with Crippen LogP contribution in [-0.4, -0.2) is 13.1 Å². The summed E-state index contributed by atoms with van der Waals surface area (Å²) >= 11 is 0. The van der Waals surface area contributed by atoms with Gasteiger partial charge in [0, 0.05) is 0 Å². The lowest BCUT2D eigenvalue weighted by molar-refractivity contribution is 0.0595. The molecule has 0 saturated heterocycles. The van der Waals surface area contributed by atoms with Crippen molar-refractivity contribution >= 4 is 5.97 Å². The standard InChI is InChI=1S/C11H10FNO2/c1-3-7-5-10(12)9(11(14)15-2)4-8(7)6-13/h4-5H,3H2,1-2H3. The van der Waals surface area contributed by atoms with E-state index in [4.69, 9.17) is 5.26 Å². The Labute approximate surface area is 87.1 Å². The van der Waals surface area contributed by atoms with Crippen LogP contribution in [0, 0.1) is 17.1 Å². The van der Waals surface area contributed by atoms with Crippen LogP contribution in [0.15, 0.2) is 12.1 Å². The van der Waals surface area contributed by atoms with E-state index in [2.05, 4.69) is 4.74 Å². The molecule has 0 radical (unpaired) electrons. The minimum absolute atomic E-state index is 0.203. The summed E-state index contributed by atoms with van der Waals surface area (Å²) in [6, 6.07) is 4.34. The molecular formula is C11H10FNO2. The largest absolute Gasteiger partial charge is 0.465 e. The smallest absolute Gasteiger partial charge is 0.340 e. The molecule has 0 atom stereocenters. The molecule has 4 heteroatoms. The molecule has 1 aromatic carbocycles. The number of hydrogen-bond acceptors (Lipinski definition) is 3. The summed E-state index contributed by atoms with van der Waals surface area (Å²) in [5.74, 6) is -1.43. The van der Waals surface area contributed by atoms with E-state index in [1.54, 1.807) is 0 Å². The number of esters is 1. The third-order valence-corrected chi connectivity index (χ3v) is 2.10. The zero-order valence-corrected chi connectivity index (χ0v) is 8.50. The van der Waals surface area contributed by atoms with Gasteiger partial charge in [0.25, 0.3) is 0 Å². The Bertz CT molecular complexity index is 435. The molecule has 0 aliphatic heterocycles. The van der Waals surface area contributed by atoms with Crippen LogP contribution < -0.4 is 0 Å². The second-order valence-corrected chi connectivity index (χ2v) is 2.95. The second-order valence-electron chi connectivity index (χ2n) is 2.95. The Kier molecular flexibility index (Phi) is 3.40. The van der Waals surface area contributed by atoms with E-state index in [9.17, 15) is 9.18 Å². The van der Waals surface area contributed by atoms with Gasteiger partial charge in [-0.25, -0.2) is 9.18 Å². The highest BCUT2D eigenvalue weighted by atomic mass is 19.1. The molecule has 1 aromatic rings. The van der Waals surface area contributed by atoms with E-state index < -0.39 is 11.8 Å². The van der Waals surface area contributed by atoms with Gasteiger partial charge in [-0.15, -0.1) is 0 Å². The highest BCUT2D eigenvalue weighted by Crippen LogP contribution is 2.16. The van der Waals surface area contributed by atoms with Gasteiger partial charge in [0.15, 0.2) is 0 Å². The summed E-state index contributed by atoms with van der Waals surface area (Å²) in [5, 5.41) is 8.79. The fourth-order valence-electron chi connectivity index (χ4n) is 1.28. The van der Waals surface area contributed by atoms with Crippen LogP contribution >= 0.6 is 0 Å². The van der Waals surface area contributed by atoms with E-state index in [1.165, 1.54) is 19.2 Å². The fourth-order valence-corrected chi connectivity index (χ4v) is 1.28. The van der Waals surface area contributed by atoms with Gasteiger partial charge in [-0.05, 0) is 24.1 Å². The molecule has 15 heavy (non-hydrogen) atoms. The minimum atomic E-state index is -0.772. The molecule has 0 aliphatic rings. The van der Waals surface area contributed by atoms with E-state index in [0.29, 0.717) is 17.5 Å². The molecule has 0 saturated carbocycles. The van der Waals surface area contributed by atoms with Gasteiger partial charge < -0.3 is 4.74 Å². The number of ether oxygens (including phenoxy) is 1. The maximum absolute atomic E-state index is 13.4. The highest BCUT2D eigenvalue weighted by molar-refractivity contribution is 5.90. The Hall–Kier alpha value is -1.89. The van der Waals surface area contributed by atoms with Crippen molar-refractivity contribution in [2.24, 2.45) is 0 Å². The average Bonchev–Trinajstić information content (AvgIpc) is 2.27. The zero-order valence-electron chi connectivity index (χ0n) is 8.50. The molecule has 0 unspecified atom stereocenters. The Morgan fingerprint density at radius 2 is 2.27 bits per heavy atom. The number of aryl methyl sites for hydroxylation is 1. The first kappa shape index (κ1) is 11.2. The molecule has 0 amide bonds. The predicted molar refractivity (Wildman–Crippen MR) is 51.8 cm³/mol. The number of carbonyl (C=O) groups is 1. The number of halogens is 1. The van der Waals surface area contributed by atoms with Gasteiger partial charge in [-0.3, -0.25) is 0 Å². The van der Waals surface area contributed by atoms with Crippen molar-refractivity contribution < 1.29 is 13.9 Å². The third-order valence-electron chi connectivity index (χ3n) is 2.10. The molecule has 1 rings (SSSR count). The quantitative estimate of drug-likeness (QED) is 0.697. The van der Waals surface area contributed by atoms with Crippen LogP contribution in [0.2, 0.25) is 0 Å². The van der Waals surface area contributed by atoms with Gasteiger partial charge in [0.05, 0.1) is 24.3 Å². The third kappa shape index (κ3) is 2.13. The molecule has 0 N–H and O–H groups in total. The van der Waals surface area contributed by atoms with E-state index in [-0.39, 0.29) is 5.56 Å². The fraction of sp³-hybridized carbons (Fsp3) is 0.273. The molecule has 0 aromatic heterocycles. The summed E-state index contributed by atoms with van der Waals surface area (Å²) in [6.45, 7) is 1.81. The van der Waals surface area contributed by atoms with Gasteiger partial charge in [0.2, 0.25) is 0 Å². The molecule has 0 bridgehead atoms. The van der Waals surface area contributed by atoms with Crippen molar-refractivity contribution in [2.75, 3.05) is 7.11 Å². The maximum Gasteiger partial charge on any atom is 0.340 e. The lowest BCUT2D eigenvalue weighted by Gasteiger charge is -2.05. The monoisotopic (exact) mass is 207 g/mol. The number of carbonyl (C=O) groups excluding carboxylic acids is 1. The van der Waals surface area contributed by atoms with Crippen LogP contribution in [0.3, 0.4) is 0 Å². The van der Waals surface area contributed by atoms with Gasteiger partial charge >= 0.3 is 5.97 Å². The van der Waals surface area contributed by atoms with E-state index in [1.807, 2.05) is 13.0 Å². The summed E-state index contributed by atoms with van der Waals surface area (Å²) in [5.41, 5.74) is 0.688. The van der Waals surface area contributed by atoms with Gasteiger partial charge in [-0.2, -0.15) is 5.26 Å². The molecule has 0 heterocycles. The van der Waals surface area contributed by atoms with E-state index in [0.717, 1.165) is 0 Å². The van der Waals surface area contributed by atoms with Crippen molar-refractivity contribution in [2.45, 2.75) is 13.3 Å². The molecular weight excluding hydrogens is 197 g/mol. The SMILES string of the molecule is CCc1cc(F)c(C(=O)OC)cc1C#N. The van der Waals surface area contributed by atoms with Crippen LogP contribution in [0.5, 0.6) is 0 Å². The number of benzene rings is 1. The van der Waals surface area contributed by atoms with Crippen molar-refractivity contribution in [1.29, 1.82) is 5.26 Å². The summed E-state index contributed by atoms with van der Waals surface area (Å²) < 4.78 is 17.8. The van der Waals surface area contributed by atoms with Gasteiger partial charge in [-0.1, -0.05) is 6.92 Å². The Morgan fingerprint density at radius 1 is 1.60 bits per heavy atom. The molecule has 0 fully saturated rings. The number of nitriles is 1. The highest BCUT2D eigenvalue weighted by Gasteiger charge is 2.15. The Morgan fingerprint density at radius 3 is 2.73 bits per heavy atom. The summed E-state index contributed by atoms with van der Waals surface area (Å²) in [4.78, 5) is 11.1. The topological polar surface area (TPSA) is 50.1 Å². The van der Waals surface area contributed by atoms with Crippen LogP contribution in [0.1, 0.15) is 28.4 Å². The number of methoxy groups -OCH3 is 1. The van der Waals surface area contributed by atoms with Crippen LogP contribution in [0.4, 0.5) is 4.39 Å². The van der Waals surface area contributed by atoms with Crippen molar-refractivity contribution in [3.8, 4) is 6.07 Å².